The molecule has 2 aromatic heterocycles. The molecule has 0 bridgehead atoms. The summed E-state index contributed by atoms with van der Waals surface area (Å²) in [5, 5.41) is 20.4. The number of carbonyl (C=O) groups is 3. The highest BCUT2D eigenvalue weighted by Gasteiger charge is 2.40. The summed E-state index contributed by atoms with van der Waals surface area (Å²) in [6, 6.07) is 2.58. The van der Waals surface area contributed by atoms with Crippen molar-refractivity contribution in [1.29, 1.82) is 0 Å². The molecule has 2 atom stereocenters. The third-order valence-corrected chi connectivity index (χ3v) is 7.12. The van der Waals surface area contributed by atoms with E-state index in [9.17, 15) is 29.6 Å². The molecule has 0 saturated carbocycles. The Morgan fingerprint density at radius 2 is 1.97 bits per heavy atom. The second kappa shape index (κ2) is 7.23. The van der Waals surface area contributed by atoms with Gasteiger partial charge in [-0.3, -0.25) is 24.7 Å². The second-order valence-corrected chi connectivity index (χ2v) is 10.0. The Morgan fingerprint density at radius 3 is 2.58 bits per heavy atom. The normalized spacial score (nSPS) is 20.9. The summed E-state index contributed by atoms with van der Waals surface area (Å²) in [6.07, 6.45) is 1.77. The number of nitro groups is 1. The van der Waals surface area contributed by atoms with E-state index in [4.69, 9.17) is 0 Å². The van der Waals surface area contributed by atoms with E-state index in [2.05, 4.69) is 4.98 Å². The molecule has 0 radical (unpaired) electrons. The second-order valence-electron chi connectivity index (χ2n) is 8.99. The molecule has 1 saturated heterocycles. The quantitative estimate of drug-likeness (QED) is 0.466. The smallest absolute Gasteiger partial charge is 0.407 e. The van der Waals surface area contributed by atoms with Gasteiger partial charge in [0.15, 0.2) is 0 Å². The Morgan fingerprint density at radius 1 is 1.26 bits per heavy atom. The number of fused-ring (bicyclic) bond motifs is 2. The van der Waals surface area contributed by atoms with Crippen LogP contribution in [-0.4, -0.2) is 50.2 Å². The number of rotatable bonds is 2. The number of carbonyl (C=O) groups excluding carboxylic acids is 2. The van der Waals surface area contributed by atoms with Crippen LogP contribution in [0, 0.1) is 15.5 Å². The molecule has 1 aliphatic carbocycles. The number of carboxylic acid groups (broad SMARTS) is 1. The van der Waals surface area contributed by atoms with Gasteiger partial charge in [-0.25, -0.2) is 4.79 Å². The SMILES string of the molecule is CC(C)(C)C1CC(c2cnc3c(c2)C(=O)c2sc([N+](=O)[O-])cc2C3=O)CCN1C(=O)O. The van der Waals surface area contributed by atoms with Gasteiger partial charge in [0.1, 0.15) is 5.69 Å². The Bertz CT molecular complexity index is 1130. The number of likely N-dealkylation sites (tertiary alicyclic amines) is 1. The molecule has 0 spiro atoms. The summed E-state index contributed by atoms with van der Waals surface area (Å²) in [6.45, 7) is 6.35. The largest absolute Gasteiger partial charge is 0.465 e. The molecule has 2 aliphatic rings. The Labute approximate surface area is 181 Å². The third-order valence-electron chi connectivity index (χ3n) is 6.04. The van der Waals surface area contributed by atoms with E-state index in [0.29, 0.717) is 30.7 Å². The van der Waals surface area contributed by atoms with Crippen molar-refractivity contribution in [2.24, 2.45) is 5.41 Å². The first-order valence-electron chi connectivity index (χ1n) is 9.86. The minimum absolute atomic E-state index is 0.00397. The topological polar surface area (TPSA) is 131 Å². The zero-order valence-electron chi connectivity index (χ0n) is 17.2. The predicted octanol–water partition coefficient (Wildman–Crippen LogP) is 4.10. The van der Waals surface area contributed by atoms with Gasteiger partial charge < -0.3 is 10.0 Å². The van der Waals surface area contributed by atoms with Crippen molar-refractivity contribution in [3.8, 4) is 0 Å². The maximum absolute atomic E-state index is 13.0. The average Bonchev–Trinajstić information content (AvgIpc) is 3.17. The van der Waals surface area contributed by atoms with Crippen LogP contribution < -0.4 is 0 Å². The first-order valence-corrected chi connectivity index (χ1v) is 10.7. The number of hydrogen-bond donors (Lipinski definition) is 1. The van der Waals surface area contributed by atoms with Crippen LogP contribution in [0.5, 0.6) is 0 Å². The van der Waals surface area contributed by atoms with Crippen molar-refractivity contribution >= 4 is 34.0 Å². The highest BCUT2D eigenvalue weighted by atomic mass is 32.1. The first kappa shape index (κ1) is 21.1. The lowest BCUT2D eigenvalue weighted by Gasteiger charge is -2.44. The van der Waals surface area contributed by atoms with Gasteiger partial charge in [0, 0.05) is 24.8 Å². The van der Waals surface area contributed by atoms with Gasteiger partial charge in [0.25, 0.3) is 0 Å². The molecule has 1 fully saturated rings. The van der Waals surface area contributed by atoms with Crippen molar-refractivity contribution in [3.05, 3.63) is 55.7 Å². The Balaban J connectivity index is 1.69. The van der Waals surface area contributed by atoms with Crippen molar-refractivity contribution < 1.29 is 24.4 Å². The van der Waals surface area contributed by atoms with E-state index in [0.717, 1.165) is 11.6 Å². The van der Waals surface area contributed by atoms with Crippen LogP contribution in [0.4, 0.5) is 9.80 Å². The van der Waals surface area contributed by atoms with Gasteiger partial charge >= 0.3 is 11.1 Å². The number of amides is 1. The van der Waals surface area contributed by atoms with Crippen molar-refractivity contribution in [3.63, 3.8) is 0 Å². The van der Waals surface area contributed by atoms with Crippen molar-refractivity contribution in [2.75, 3.05) is 6.54 Å². The fourth-order valence-electron chi connectivity index (χ4n) is 4.43. The van der Waals surface area contributed by atoms with Crippen LogP contribution in [0.2, 0.25) is 0 Å². The van der Waals surface area contributed by atoms with E-state index in [1.165, 1.54) is 4.90 Å². The number of hydrogen-bond acceptors (Lipinski definition) is 7. The fraction of sp³-hybridized carbons (Fsp3) is 0.429. The van der Waals surface area contributed by atoms with Crippen molar-refractivity contribution in [1.82, 2.24) is 9.88 Å². The first-order chi connectivity index (χ1) is 14.5. The zero-order valence-corrected chi connectivity index (χ0v) is 18.1. The molecular weight excluding hydrogens is 422 g/mol. The minimum atomic E-state index is -0.950. The lowest BCUT2D eigenvalue weighted by molar-refractivity contribution is -0.380. The maximum Gasteiger partial charge on any atom is 0.407 e. The highest BCUT2D eigenvalue weighted by Crippen LogP contribution is 2.41. The molecule has 4 rings (SSSR count). The number of piperidine rings is 1. The standard InChI is InChI=1S/C21H21N3O6S/c1-21(2,3)14-7-10(4-5-23(14)20(27)28)11-6-12-16(22-9-11)17(25)13-8-15(24(29)30)31-19(13)18(12)26/h6,8-10,14H,4-5,7H2,1-3H3,(H,27,28). The van der Waals surface area contributed by atoms with Gasteiger partial charge in [-0.05, 0) is 35.8 Å². The molecule has 9 nitrogen and oxygen atoms in total. The van der Waals surface area contributed by atoms with Crippen LogP contribution >= 0.6 is 11.3 Å². The number of thiophene rings is 1. The van der Waals surface area contributed by atoms with Crippen LogP contribution in [-0.2, 0) is 0 Å². The van der Waals surface area contributed by atoms with Crippen LogP contribution in [0.1, 0.15) is 76.4 Å². The van der Waals surface area contributed by atoms with E-state index in [-0.39, 0.29) is 44.1 Å². The molecule has 3 heterocycles. The third kappa shape index (κ3) is 3.50. The molecule has 10 heteroatoms. The molecule has 2 unspecified atom stereocenters. The Kier molecular flexibility index (Phi) is 4.92. The van der Waals surface area contributed by atoms with E-state index in [1.807, 2.05) is 20.8 Å². The van der Waals surface area contributed by atoms with Crippen LogP contribution in [0.3, 0.4) is 0 Å². The van der Waals surface area contributed by atoms with Gasteiger partial charge in [0.2, 0.25) is 11.6 Å². The predicted molar refractivity (Wildman–Crippen MR) is 112 cm³/mol. The monoisotopic (exact) mass is 443 g/mol. The van der Waals surface area contributed by atoms with Gasteiger partial charge in [0.05, 0.1) is 20.9 Å². The zero-order chi connectivity index (χ0) is 22.7. The Hall–Kier alpha value is -3.14. The van der Waals surface area contributed by atoms with E-state index in [1.54, 1.807) is 12.3 Å². The molecule has 31 heavy (non-hydrogen) atoms. The molecule has 2 aromatic rings. The molecule has 1 aliphatic heterocycles. The number of nitrogens with zero attached hydrogens (tertiary/aromatic N) is 3. The minimum Gasteiger partial charge on any atom is -0.465 e. The summed E-state index contributed by atoms with van der Waals surface area (Å²) in [5.74, 6) is -0.944. The van der Waals surface area contributed by atoms with Gasteiger partial charge in [-0.2, -0.15) is 0 Å². The maximum atomic E-state index is 13.0. The molecule has 162 valence electrons. The summed E-state index contributed by atoms with van der Waals surface area (Å²) in [5.41, 5.74) is 0.685. The molecule has 1 amide bonds. The highest BCUT2D eigenvalue weighted by molar-refractivity contribution is 7.17. The number of aromatic nitrogens is 1. The van der Waals surface area contributed by atoms with E-state index >= 15 is 0 Å². The lowest BCUT2D eigenvalue weighted by Crippen LogP contribution is -2.51. The summed E-state index contributed by atoms with van der Waals surface area (Å²) >= 11 is 0.698. The molecule has 0 aromatic carbocycles. The van der Waals surface area contributed by atoms with Crippen LogP contribution in [0.25, 0.3) is 0 Å². The van der Waals surface area contributed by atoms with Gasteiger partial charge in [-0.15, -0.1) is 0 Å². The average molecular weight is 443 g/mol. The fourth-order valence-corrected chi connectivity index (χ4v) is 5.36. The summed E-state index contributed by atoms with van der Waals surface area (Å²) in [4.78, 5) is 53.7. The molecular formula is C21H21N3O6S. The van der Waals surface area contributed by atoms with Crippen molar-refractivity contribution in [2.45, 2.75) is 45.6 Å². The number of ketones is 2. The molecule has 1 N–H and O–H groups in total. The van der Waals surface area contributed by atoms with Crippen LogP contribution in [0.15, 0.2) is 18.3 Å². The van der Waals surface area contributed by atoms with E-state index < -0.39 is 22.6 Å². The van der Waals surface area contributed by atoms with Gasteiger partial charge in [-0.1, -0.05) is 32.1 Å². The lowest BCUT2D eigenvalue weighted by atomic mass is 9.75. The summed E-state index contributed by atoms with van der Waals surface area (Å²) in [7, 11) is 0. The number of pyridine rings is 1. The summed E-state index contributed by atoms with van der Waals surface area (Å²) < 4.78 is 0.